The molecule has 94 valence electrons. The maximum Gasteiger partial charge on any atom is 0.0724 e. The third kappa shape index (κ3) is 1.70. The van der Waals surface area contributed by atoms with E-state index in [-0.39, 0.29) is 0 Å². The van der Waals surface area contributed by atoms with Crippen LogP contribution in [0.25, 0.3) is 10.9 Å². The molecule has 0 spiro atoms. The fourth-order valence-electron chi connectivity index (χ4n) is 2.77. The molecular weight excluding hydrogens is 222 g/mol. The highest BCUT2D eigenvalue weighted by atomic mass is 15.2. The van der Waals surface area contributed by atoms with Crippen molar-refractivity contribution in [2.45, 2.75) is 13.8 Å². The van der Waals surface area contributed by atoms with Crippen LogP contribution in [-0.4, -0.2) is 18.1 Å². The van der Waals surface area contributed by atoms with Gasteiger partial charge >= 0.3 is 0 Å². The van der Waals surface area contributed by atoms with Crippen LogP contribution in [0.5, 0.6) is 0 Å². The molecule has 2 atom stereocenters. The van der Waals surface area contributed by atoms with Gasteiger partial charge in [-0.05, 0) is 36.1 Å². The van der Waals surface area contributed by atoms with Crippen LogP contribution in [0.2, 0.25) is 0 Å². The molecule has 2 heterocycles. The minimum absolute atomic E-state index is 0.731. The molecule has 1 aromatic heterocycles. The Morgan fingerprint density at radius 1 is 1.17 bits per heavy atom. The number of anilines is 2. The van der Waals surface area contributed by atoms with Gasteiger partial charge in [-0.1, -0.05) is 13.8 Å². The van der Waals surface area contributed by atoms with Crippen molar-refractivity contribution >= 4 is 22.3 Å². The van der Waals surface area contributed by atoms with Gasteiger partial charge in [-0.3, -0.25) is 4.98 Å². The van der Waals surface area contributed by atoms with Crippen LogP contribution in [0, 0.1) is 11.8 Å². The molecule has 3 heteroatoms. The third-order valence-corrected chi connectivity index (χ3v) is 4.13. The van der Waals surface area contributed by atoms with Crippen LogP contribution < -0.4 is 10.6 Å². The first kappa shape index (κ1) is 11.3. The molecular formula is C15H19N3. The molecule has 18 heavy (non-hydrogen) atoms. The summed E-state index contributed by atoms with van der Waals surface area (Å²) in [6, 6.07) is 8.16. The second-order valence-electron chi connectivity index (χ2n) is 5.43. The Balaban J connectivity index is 2.05. The number of hydrogen-bond donors (Lipinski definition) is 1. The standard InChI is InChI=1S/C15H19N3/c1-10-8-18(9-11(10)2)14-6-5-13-12(15(14)16)4-3-7-17-13/h3-7,10-11H,8-9,16H2,1-2H3. The van der Waals surface area contributed by atoms with Crippen molar-refractivity contribution in [3.05, 3.63) is 30.5 Å². The lowest BCUT2D eigenvalue weighted by Gasteiger charge is -2.21. The first-order valence-corrected chi connectivity index (χ1v) is 6.55. The van der Waals surface area contributed by atoms with Crippen molar-refractivity contribution in [3.63, 3.8) is 0 Å². The van der Waals surface area contributed by atoms with Gasteiger partial charge in [-0.15, -0.1) is 0 Å². The van der Waals surface area contributed by atoms with E-state index < -0.39 is 0 Å². The SMILES string of the molecule is CC1CN(c2ccc3ncccc3c2N)CC1C. The van der Waals surface area contributed by atoms with Crippen molar-refractivity contribution in [2.75, 3.05) is 23.7 Å². The predicted octanol–water partition coefficient (Wildman–Crippen LogP) is 2.91. The molecule has 1 aliphatic heterocycles. The largest absolute Gasteiger partial charge is 0.396 e. The molecule has 0 aliphatic carbocycles. The molecule has 1 aromatic carbocycles. The van der Waals surface area contributed by atoms with Crippen LogP contribution in [-0.2, 0) is 0 Å². The second-order valence-corrected chi connectivity index (χ2v) is 5.43. The van der Waals surface area contributed by atoms with E-state index in [1.807, 2.05) is 12.1 Å². The minimum atomic E-state index is 0.731. The van der Waals surface area contributed by atoms with Crippen molar-refractivity contribution < 1.29 is 0 Å². The Morgan fingerprint density at radius 2 is 1.89 bits per heavy atom. The number of hydrogen-bond acceptors (Lipinski definition) is 3. The van der Waals surface area contributed by atoms with Crippen LogP contribution in [0.4, 0.5) is 11.4 Å². The molecule has 1 fully saturated rings. The summed E-state index contributed by atoms with van der Waals surface area (Å²) < 4.78 is 0. The molecule has 3 rings (SSSR count). The third-order valence-electron chi connectivity index (χ3n) is 4.13. The number of benzene rings is 1. The summed E-state index contributed by atoms with van der Waals surface area (Å²) in [5.74, 6) is 1.46. The maximum absolute atomic E-state index is 6.31. The molecule has 2 N–H and O–H groups in total. The highest BCUT2D eigenvalue weighted by molar-refractivity contribution is 5.97. The van der Waals surface area contributed by atoms with Crippen LogP contribution in [0.15, 0.2) is 30.5 Å². The monoisotopic (exact) mass is 241 g/mol. The van der Waals surface area contributed by atoms with E-state index >= 15 is 0 Å². The van der Waals surface area contributed by atoms with Crippen LogP contribution >= 0.6 is 0 Å². The topological polar surface area (TPSA) is 42.2 Å². The summed E-state index contributed by atoms with van der Waals surface area (Å²) in [6.07, 6.45) is 1.81. The molecule has 0 bridgehead atoms. The fourth-order valence-corrected chi connectivity index (χ4v) is 2.77. The normalized spacial score (nSPS) is 23.8. The second kappa shape index (κ2) is 4.16. The zero-order chi connectivity index (χ0) is 12.7. The lowest BCUT2D eigenvalue weighted by Crippen LogP contribution is -2.20. The van der Waals surface area contributed by atoms with Crippen molar-refractivity contribution in [1.82, 2.24) is 4.98 Å². The van der Waals surface area contributed by atoms with E-state index in [1.54, 1.807) is 6.20 Å². The Bertz CT molecular complexity index is 569. The average molecular weight is 241 g/mol. The first-order valence-electron chi connectivity index (χ1n) is 6.55. The van der Waals surface area contributed by atoms with Gasteiger partial charge in [0.25, 0.3) is 0 Å². The zero-order valence-electron chi connectivity index (χ0n) is 10.9. The number of pyridine rings is 1. The van der Waals surface area contributed by atoms with Gasteiger partial charge in [0.2, 0.25) is 0 Å². The molecule has 0 saturated carbocycles. The van der Waals surface area contributed by atoms with Gasteiger partial charge < -0.3 is 10.6 Å². The zero-order valence-corrected chi connectivity index (χ0v) is 10.9. The average Bonchev–Trinajstić information content (AvgIpc) is 2.70. The van der Waals surface area contributed by atoms with Gasteiger partial charge in [0.15, 0.2) is 0 Å². The van der Waals surface area contributed by atoms with Gasteiger partial charge in [0, 0.05) is 24.7 Å². The summed E-state index contributed by atoms with van der Waals surface area (Å²) in [4.78, 5) is 6.74. The number of nitrogen functional groups attached to an aromatic ring is 1. The number of nitrogens with two attached hydrogens (primary N) is 1. The molecule has 2 unspecified atom stereocenters. The Labute approximate surface area is 108 Å². The van der Waals surface area contributed by atoms with Crippen molar-refractivity contribution in [2.24, 2.45) is 11.8 Å². The van der Waals surface area contributed by atoms with E-state index in [2.05, 4.69) is 35.9 Å². The first-order chi connectivity index (χ1) is 8.66. The summed E-state index contributed by atoms with van der Waals surface area (Å²) in [5.41, 5.74) is 9.30. The lowest BCUT2D eigenvalue weighted by atomic mass is 10.0. The van der Waals surface area contributed by atoms with E-state index in [0.29, 0.717) is 0 Å². The number of rotatable bonds is 1. The van der Waals surface area contributed by atoms with E-state index in [9.17, 15) is 0 Å². The molecule has 0 amide bonds. The molecule has 3 nitrogen and oxygen atoms in total. The Morgan fingerprint density at radius 3 is 2.61 bits per heavy atom. The number of aromatic nitrogens is 1. The van der Waals surface area contributed by atoms with Crippen molar-refractivity contribution in [3.8, 4) is 0 Å². The highest BCUT2D eigenvalue weighted by Gasteiger charge is 2.27. The van der Waals surface area contributed by atoms with Crippen LogP contribution in [0.3, 0.4) is 0 Å². The molecule has 0 radical (unpaired) electrons. The van der Waals surface area contributed by atoms with Crippen molar-refractivity contribution in [1.29, 1.82) is 0 Å². The number of nitrogens with zero attached hydrogens (tertiary/aromatic N) is 2. The molecule has 1 aliphatic rings. The maximum atomic E-state index is 6.31. The smallest absolute Gasteiger partial charge is 0.0724 e. The fraction of sp³-hybridized carbons (Fsp3) is 0.400. The summed E-state index contributed by atoms with van der Waals surface area (Å²) in [5, 5.41) is 1.06. The van der Waals surface area contributed by atoms with Crippen LogP contribution in [0.1, 0.15) is 13.8 Å². The number of fused-ring (bicyclic) bond motifs is 1. The summed E-state index contributed by atoms with van der Waals surface area (Å²) in [7, 11) is 0. The highest BCUT2D eigenvalue weighted by Crippen LogP contribution is 2.35. The minimum Gasteiger partial charge on any atom is -0.396 e. The quantitative estimate of drug-likeness (QED) is 0.781. The predicted molar refractivity (Wildman–Crippen MR) is 76.7 cm³/mol. The Kier molecular flexibility index (Phi) is 2.62. The van der Waals surface area contributed by atoms with E-state index in [4.69, 9.17) is 5.73 Å². The lowest BCUT2D eigenvalue weighted by molar-refractivity contribution is 0.494. The van der Waals surface area contributed by atoms with E-state index in [0.717, 1.165) is 47.2 Å². The van der Waals surface area contributed by atoms with E-state index in [1.165, 1.54) is 0 Å². The van der Waals surface area contributed by atoms with Gasteiger partial charge in [-0.25, -0.2) is 0 Å². The van der Waals surface area contributed by atoms with Gasteiger partial charge in [0.05, 0.1) is 16.9 Å². The van der Waals surface area contributed by atoms with Gasteiger partial charge in [0.1, 0.15) is 0 Å². The summed E-state index contributed by atoms with van der Waals surface area (Å²) >= 11 is 0. The molecule has 1 saturated heterocycles. The molecule has 2 aromatic rings. The van der Waals surface area contributed by atoms with Gasteiger partial charge in [-0.2, -0.15) is 0 Å². The Hall–Kier alpha value is -1.77. The summed E-state index contributed by atoms with van der Waals surface area (Å²) in [6.45, 7) is 6.81.